The lowest BCUT2D eigenvalue weighted by molar-refractivity contribution is -0.137. The molecule has 1 aliphatic rings. The molecule has 0 N–H and O–H groups in total. The fraction of sp³-hybridized carbons (Fsp3) is 0.273. The van der Waals surface area contributed by atoms with Gasteiger partial charge in [-0.25, -0.2) is 0 Å². The molecular weight excluding hydrogens is 353 g/mol. The Balaban J connectivity index is 1.65. The molecule has 0 aliphatic carbocycles. The van der Waals surface area contributed by atoms with E-state index < -0.39 is 11.7 Å². The molecule has 0 amide bonds. The van der Waals surface area contributed by atoms with Gasteiger partial charge in [-0.3, -0.25) is 0 Å². The zero-order valence-corrected chi connectivity index (χ0v) is 15.3. The molecule has 2 aromatic rings. The van der Waals surface area contributed by atoms with E-state index in [1.807, 2.05) is 11.8 Å². The summed E-state index contributed by atoms with van der Waals surface area (Å²) in [7, 11) is 0. The summed E-state index contributed by atoms with van der Waals surface area (Å²) in [6.07, 6.45) is -0.769. The fourth-order valence-corrected chi connectivity index (χ4v) is 4.11. The minimum atomic E-state index is -4.33. The van der Waals surface area contributed by atoms with Gasteiger partial charge in [0.15, 0.2) is 0 Å². The molecule has 136 valence electrons. The lowest BCUT2D eigenvalue weighted by Gasteiger charge is -2.17. The third-order valence-corrected chi connectivity index (χ3v) is 5.85. The van der Waals surface area contributed by atoms with Crippen molar-refractivity contribution in [1.82, 2.24) is 0 Å². The number of alkyl halides is 3. The number of hydrogen-bond acceptors (Lipinski definition) is 1. The summed E-state index contributed by atoms with van der Waals surface area (Å²) in [5.41, 5.74) is 4.08. The van der Waals surface area contributed by atoms with E-state index in [9.17, 15) is 13.2 Å². The number of hydrogen-bond donors (Lipinski definition) is 0. The van der Waals surface area contributed by atoms with E-state index in [-0.39, 0.29) is 0 Å². The highest BCUT2D eigenvalue weighted by Crippen LogP contribution is 2.34. The van der Waals surface area contributed by atoms with Crippen LogP contribution in [0.1, 0.15) is 41.5 Å². The molecule has 0 radical (unpaired) electrons. The quantitative estimate of drug-likeness (QED) is 0.531. The summed E-state index contributed by atoms with van der Waals surface area (Å²) in [5, 5.41) is 0. The smallest absolute Gasteiger partial charge is 0.166 e. The number of thioether (sulfide) groups is 1. The van der Waals surface area contributed by atoms with Crippen LogP contribution in [0.3, 0.4) is 0 Å². The van der Waals surface area contributed by atoms with Crippen molar-refractivity contribution in [2.75, 3.05) is 5.75 Å². The highest BCUT2D eigenvalue weighted by Gasteiger charge is 2.30. The van der Waals surface area contributed by atoms with Crippen LogP contribution in [0.4, 0.5) is 13.2 Å². The molecule has 26 heavy (non-hydrogen) atoms. The van der Waals surface area contributed by atoms with Crippen molar-refractivity contribution in [3.05, 3.63) is 77.9 Å². The Labute approximate surface area is 156 Å². The molecule has 3 rings (SSSR count). The molecule has 0 nitrogen and oxygen atoms in total. The van der Waals surface area contributed by atoms with Crippen LogP contribution in [0.5, 0.6) is 0 Å². The largest absolute Gasteiger partial charge is 0.416 e. The van der Waals surface area contributed by atoms with E-state index in [1.54, 1.807) is 6.07 Å². The maximum Gasteiger partial charge on any atom is 0.416 e. The third kappa shape index (κ3) is 4.42. The average molecular weight is 374 g/mol. The van der Waals surface area contributed by atoms with Gasteiger partial charge in [0, 0.05) is 4.90 Å². The Hall–Kier alpha value is -1.94. The normalized spacial score (nSPS) is 14.0. The topological polar surface area (TPSA) is 0 Å². The Kier molecular flexibility index (Phi) is 5.61. The van der Waals surface area contributed by atoms with Gasteiger partial charge in [-0.2, -0.15) is 13.2 Å². The molecule has 0 unspecified atom stereocenters. The number of benzene rings is 2. The molecule has 0 atom stereocenters. The van der Waals surface area contributed by atoms with Gasteiger partial charge in [0.1, 0.15) is 0 Å². The summed E-state index contributed by atoms with van der Waals surface area (Å²) in [5.74, 6) is 1.17. The standard InChI is InChI=1S/C22H21F3S/c1-15(17-5-3-7-20(14-17)22(23,24)25)8-9-16(2)18-10-11-21-19(13-18)6-4-12-26-21/h3,5,7,10-11,13-14H,1-2,4,6,8-9,12H2. The minimum absolute atomic E-state index is 0.537. The monoisotopic (exact) mass is 374 g/mol. The highest BCUT2D eigenvalue weighted by atomic mass is 32.2. The molecule has 0 fully saturated rings. The SMILES string of the molecule is C=C(CCC(=C)c1ccc2c(c1)CCCS2)c1cccc(C(F)(F)F)c1. The van der Waals surface area contributed by atoms with E-state index in [1.165, 1.54) is 34.8 Å². The Morgan fingerprint density at radius 1 is 0.962 bits per heavy atom. The Morgan fingerprint density at radius 2 is 1.65 bits per heavy atom. The van der Waals surface area contributed by atoms with Gasteiger partial charge in [-0.1, -0.05) is 37.4 Å². The zero-order valence-electron chi connectivity index (χ0n) is 14.5. The molecule has 2 aromatic carbocycles. The van der Waals surface area contributed by atoms with Crippen molar-refractivity contribution in [3.8, 4) is 0 Å². The van der Waals surface area contributed by atoms with Gasteiger partial charge in [0.05, 0.1) is 5.56 Å². The summed E-state index contributed by atoms with van der Waals surface area (Å²) in [4.78, 5) is 1.35. The molecule has 1 aliphatic heterocycles. The van der Waals surface area contributed by atoms with Crippen LogP contribution < -0.4 is 0 Å². The first-order valence-electron chi connectivity index (χ1n) is 8.64. The second kappa shape index (κ2) is 7.75. The number of fused-ring (bicyclic) bond motifs is 1. The van der Waals surface area contributed by atoms with Crippen LogP contribution in [0.15, 0.2) is 60.5 Å². The number of allylic oxidation sites excluding steroid dienone is 2. The van der Waals surface area contributed by atoms with E-state index >= 15 is 0 Å². The summed E-state index contributed by atoms with van der Waals surface area (Å²) >= 11 is 1.89. The average Bonchev–Trinajstić information content (AvgIpc) is 2.64. The molecule has 0 spiro atoms. The summed E-state index contributed by atoms with van der Waals surface area (Å²) < 4.78 is 38.6. The van der Waals surface area contributed by atoms with Gasteiger partial charge >= 0.3 is 6.18 Å². The first kappa shape index (κ1) is 18.8. The van der Waals surface area contributed by atoms with Gasteiger partial charge < -0.3 is 0 Å². The van der Waals surface area contributed by atoms with Crippen LogP contribution in [0.25, 0.3) is 11.1 Å². The third-order valence-electron chi connectivity index (χ3n) is 4.64. The van der Waals surface area contributed by atoms with Crippen LogP contribution in [-0.4, -0.2) is 5.75 Å². The second-order valence-electron chi connectivity index (χ2n) is 6.56. The van der Waals surface area contributed by atoms with E-state index in [2.05, 4.69) is 31.4 Å². The van der Waals surface area contributed by atoms with Crippen LogP contribution in [-0.2, 0) is 12.6 Å². The zero-order chi connectivity index (χ0) is 18.7. The molecule has 0 aromatic heterocycles. The lowest BCUT2D eigenvalue weighted by Crippen LogP contribution is -2.05. The lowest BCUT2D eigenvalue weighted by atomic mass is 9.94. The summed E-state index contributed by atoms with van der Waals surface area (Å²) in [6.45, 7) is 8.14. The number of aryl methyl sites for hydroxylation is 1. The Morgan fingerprint density at radius 3 is 2.35 bits per heavy atom. The molecule has 0 bridgehead atoms. The number of halogens is 3. The van der Waals surface area contributed by atoms with Crippen molar-refractivity contribution < 1.29 is 13.2 Å². The van der Waals surface area contributed by atoms with Crippen molar-refractivity contribution in [1.29, 1.82) is 0 Å². The molecular formula is C22H21F3S. The van der Waals surface area contributed by atoms with Crippen LogP contribution in [0.2, 0.25) is 0 Å². The number of rotatable bonds is 5. The predicted octanol–water partition coefficient (Wildman–Crippen LogP) is 7.25. The maximum atomic E-state index is 12.9. The molecule has 1 heterocycles. The van der Waals surface area contributed by atoms with Gasteiger partial charge in [-0.15, -0.1) is 11.8 Å². The van der Waals surface area contributed by atoms with Crippen LogP contribution in [0, 0.1) is 0 Å². The summed E-state index contributed by atoms with van der Waals surface area (Å²) in [6, 6.07) is 11.8. The van der Waals surface area contributed by atoms with Crippen molar-refractivity contribution in [2.45, 2.75) is 36.8 Å². The minimum Gasteiger partial charge on any atom is -0.166 e. The van der Waals surface area contributed by atoms with E-state index in [0.29, 0.717) is 24.0 Å². The first-order chi connectivity index (χ1) is 12.3. The fourth-order valence-electron chi connectivity index (χ4n) is 3.09. The van der Waals surface area contributed by atoms with E-state index in [4.69, 9.17) is 0 Å². The molecule has 4 heteroatoms. The van der Waals surface area contributed by atoms with Gasteiger partial charge in [0.2, 0.25) is 0 Å². The maximum absolute atomic E-state index is 12.9. The van der Waals surface area contributed by atoms with Crippen molar-refractivity contribution >= 4 is 22.9 Å². The predicted molar refractivity (Wildman–Crippen MR) is 104 cm³/mol. The molecule has 0 saturated heterocycles. The highest BCUT2D eigenvalue weighted by molar-refractivity contribution is 7.99. The van der Waals surface area contributed by atoms with Crippen LogP contribution >= 0.6 is 11.8 Å². The van der Waals surface area contributed by atoms with E-state index in [0.717, 1.165) is 23.6 Å². The van der Waals surface area contributed by atoms with Crippen molar-refractivity contribution in [3.63, 3.8) is 0 Å². The van der Waals surface area contributed by atoms with Gasteiger partial charge in [0.25, 0.3) is 0 Å². The van der Waals surface area contributed by atoms with Gasteiger partial charge in [-0.05, 0) is 77.5 Å². The Bertz CT molecular complexity index is 834. The second-order valence-corrected chi connectivity index (χ2v) is 7.70. The van der Waals surface area contributed by atoms with Crippen molar-refractivity contribution in [2.24, 2.45) is 0 Å². The molecule has 0 saturated carbocycles. The first-order valence-corrected chi connectivity index (χ1v) is 9.62.